The number of hydrogen-bond donors (Lipinski definition) is 1. The number of rotatable bonds is 10. The molecule has 0 aliphatic carbocycles. The molecule has 0 aromatic heterocycles. The first-order chi connectivity index (χ1) is 16.8. The fraction of sp³-hybridized carbons (Fsp3) is 0.429. The number of Topliss-reactive ketones (excluding diaryl/α,β-unsaturated/α-hetero) is 1. The molecule has 1 heterocycles. The number of carbonyl (C=O) groups is 2. The van der Waals surface area contributed by atoms with E-state index in [0.29, 0.717) is 35.6 Å². The largest absolute Gasteiger partial charge is 0.507 e. The zero-order valence-corrected chi connectivity index (χ0v) is 21.6. The summed E-state index contributed by atoms with van der Waals surface area (Å²) >= 11 is 0. The highest BCUT2D eigenvalue weighted by Crippen LogP contribution is 2.42. The number of likely N-dealkylation sites (tertiary alicyclic amines) is 1. The molecule has 1 unspecified atom stereocenters. The monoisotopic (exact) mass is 480 g/mol. The second kappa shape index (κ2) is 11.4. The number of ether oxygens (including phenoxy) is 2. The van der Waals surface area contributed by atoms with Gasteiger partial charge < -0.3 is 24.4 Å². The van der Waals surface area contributed by atoms with Crippen LogP contribution in [0.5, 0.6) is 11.5 Å². The van der Waals surface area contributed by atoms with Crippen molar-refractivity contribution in [3.05, 3.63) is 64.2 Å². The smallest absolute Gasteiger partial charge is 0.295 e. The Balaban J connectivity index is 2.13. The van der Waals surface area contributed by atoms with Crippen LogP contribution in [0.4, 0.5) is 0 Å². The number of benzene rings is 2. The quantitative estimate of drug-likeness (QED) is 0.307. The summed E-state index contributed by atoms with van der Waals surface area (Å²) in [5, 5.41) is 11.4. The summed E-state index contributed by atoms with van der Waals surface area (Å²) in [6, 6.07) is 10.3. The molecule has 2 aromatic carbocycles. The van der Waals surface area contributed by atoms with E-state index in [0.717, 1.165) is 30.8 Å². The van der Waals surface area contributed by atoms with Crippen molar-refractivity contribution in [1.29, 1.82) is 0 Å². The third-order valence-electron chi connectivity index (χ3n) is 6.68. The van der Waals surface area contributed by atoms with Crippen LogP contribution in [-0.2, 0) is 9.59 Å². The first-order valence-electron chi connectivity index (χ1n) is 12.1. The van der Waals surface area contributed by atoms with Gasteiger partial charge in [0.1, 0.15) is 5.76 Å². The minimum Gasteiger partial charge on any atom is -0.507 e. The van der Waals surface area contributed by atoms with Gasteiger partial charge in [0.25, 0.3) is 11.7 Å². The van der Waals surface area contributed by atoms with Crippen molar-refractivity contribution in [3.63, 3.8) is 0 Å². The molecular formula is C28H36N2O5. The molecule has 1 atom stereocenters. The van der Waals surface area contributed by atoms with Crippen LogP contribution in [-0.4, -0.2) is 67.0 Å². The minimum absolute atomic E-state index is 0.0961. The summed E-state index contributed by atoms with van der Waals surface area (Å²) in [5.74, 6) is -0.396. The molecule has 0 saturated carbocycles. The minimum atomic E-state index is -0.730. The molecule has 1 saturated heterocycles. The third-order valence-corrected chi connectivity index (χ3v) is 6.68. The lowest BCUT2D eigenvalue weighted by Gasteiger charge is -2.27. The number of nitrogens with zero attached hydrogens (tertiary/aromatic N) is 2. The molecule has 35 heavy (non-hydrogen) atoms. The molecule has 0 radical (unpaired) electrons. The van der Waals surface area contributed by atoms with Gasteiger partial charge in [0, 0.05) is 12.1 Å². The Hall–Kier alpha value is -3.32. The van der Waals surface area contributed by atoms with E-state index in [1.807, 2.05) is 38.1 Å². The molecule has 1 fully saturated rings. The van der Waals surface area contributed by atoms with Gasteiger partial charge in [-0.1, -0.05) is 37.6 Å². The summed E-state index contributed by atoms with van der Waals surface area (Å²) in [7, 11) is 3.09. The Labute approximate surface area is 207 Å². The predicted molar refractivity (Wildman–Crippen MR) is 137 cm³/mol. The van der Waals surface area contributed by atoms with E-state index >= 15 is 0 Å². The summed E-state index contributed by atoms with van der Waals surface area (Å²) < 4.78 is 10.9. The number of amides is 1. The van der Waals surface area contributed by atoms with Crippen molar-refractivity contribution in [3.8, 4) is 11.5 Å². The van der Waals surface area contributed by atoms with Gasteiger partial charge in [-0.15, -0.1) is 0 Å². The maximum Gasteiger partial charge on any atom is 0.295 e. The number of ketones is 1. The average molecular weight is 481 g/mol. The molecule has 0 bridgehead atoms. The number of methoxy groups -OCH3 is 2. The van der Waals surface area contributed by atoms with Gasteiger partial charge >= 0.3 is 0 Å². The topological polar surface area (TPSA) is 79.3 Å². The van der Waals surface area contributed by atoms with Gasteiger partial charge in [0.05, 0.1) is 25.8 Å². The lowest BCUT2D eigenvalue weighted by molar-refractivity contribution is -0.140. The molecule has 1 aliphatic heterocycles. The van der Waals surface area contributed by atoms with E-state index in [1.165, 1.54) is 0 Å². The first kappa shape index (κ1) is 26.3. The molecule has 3 rings (SSSR count). The highest BCUT2D eigenvalue weighted by Gasteiger charge is 2.46. The number of aliphatic hydroxyl groups is 1. The number of aliphatic hydroxyl groups excluding tert-OH is 1. The highest BCUT2D eigenvalue weighted by atomic mass is 16.5. The van der Waals surface area contributed by atoms with E-state index in [-0.39, 0.29) is 11.3 Å². The molecule has 0 spiro atoms. The molecule has 1 aliphatic rings. The molecule has 1 N–H and O–H groups in total. The van der Waals surface area contributed by atoms with Crippen LogP contribution in [0.25, 0.3) is 5.76 Å². The highest BCUT2D eigenvalue weighted by molar-refractivity contribution is 6.46. The van der Waals surface area contributed by atoms with Crippen molar-refractivity contribution < 1.29 is 24.2 Å². The Kier molecular flexibility index (Phi) is 8.57. The van der Waals surface area contributed by atoms with Crippen LogP contribution >= 0.6 is 0 Å². The van der Waals surface area contributed by atoms with E-state index in [1.54, 1.807) is 31.3 Å². The van der Waals surface area contributed by atoms with Crippen LogP contribution < -0.4 is 9.47 Å². The maximum atomic E-state index is 13.3. The molecule has 1 amide bonds. The van der Waals surface area contributed by atoms with Crippen LogP contribution in [0.2, 0.25) is 0 Å². The normalized spacial score (nSPS) is 17.3. The maximum absolute atomic E-state index is 13.3. The van der Waals surface area contributed by atoms with Crippen LogP contribution in [0.1, 0.15) is 48.6 Å². The second-order valence-corrected chi connectivity index (χ2v) is 8.81. The summed E-state index contributed by atoms with van der Waals surface area (Å²) in [5.41, 5.74) is 3.10. The van der Waals surface area contributed by atoms with Gasteiger partial charge in [-0.25, -0.2) is 0 Å². The number of carbonyl (C=O) groups excluding carboxylic acids is 2. The Bertz CT molecular complexity index is 1120. The van der Waals surface area contributed by atoms with E-state index in [4.69, 9.17) is 9.47 Å². The zero-order chi connectivity index (χ0) is 25.7. The molecule has 188 valence electrons. The number of hydrogen-bond acceptors (Lipinski definition) is 6. The average Bonchev–Trinajstić information content (AvgIpc) is 3.12. The fourth-order valence-corrected chi connectivity index (χ4v) is 4.62. The van der Waals surface area contributed by atoms with Crippen molar-refractivity contribution in [1.82, 2.24) is 9.80 Å². The van der Waals surface area contributed by atoms with E-state index in [9.17, 15) is 14.7 Å². The molecular weight excluding hydrogens is 444 g/mol. The van der Waals surface area contributed by atoms with Crippen LogP contribution in [0.15, 0.2) is 42.0 Å². The van der Waals surface area contributed by atoms with Crippen molar-refractivity contribution in [2.24, 2.45) is 0 Å². The molecule has 2 aromatic rings. The molecule has 7 heteroatoms. The lowest BCUT2D eigenvalue weighted by Crippen LogP contribution is -2.33. The second-order valence-electron chi connectivity index (χ2n) is 8.81. The van der Waals surface area contributed by atoms with Crippen molar-refractivity contribution >= 4 is 17.4 Å². The lowest BCUT2D eigenvalue weighted by atomic mass is 9.93. The Morgan fingerprint density at radius 2 is 1.69 bits per heavy atom. The van der Waals surface area contributed by atoms with Crippen molar-refractivity contribution in [2.75, 3.05) is 40.4 Å². The zero-order valence-electron chi connectivity index (χ0n) is 21.6. The van der Waals surface area contributed by atoms with Gasteiger partial charge in [-0.3, -0.25) is 9.59 Å². The molecule has 7 nitrogen and oxygen atoms in total. The van der Waals surface area contributed by atoms with E-state index in [2.05, 4.69) is 18.7 Å². The van der Waals surface area contributed by atoms with Crippen molar-refractivity contribution in [2.45, 2.75) is 40.2 Å². The SMILES string of the molecule is CCN(CC)CCCN1C(=O)C(=O)C(=C(O)c2cc(C)ccc2C)C1c1ccc(OC)c(OC)c1. The van der Waals surface area contributed by atoms with Crippen LogP contribution in [0, 0.1) is 13.8 Å². The van der Waals surface area contributed by atoms with Gasteiger partial charge in [0.2, 0.25) is 0 Å². The fourth-order valence-electron chi connectivity index (χ4n) is 4.62. The van der Waals surface area contributed by atoms with Crippen LogP contribution in [0.3, 0.4) is 0 Å². The Morgan fingerprint density at radius 3 is 2.31 bits per heavy atom. The predicted octanol–water partition coefficient (Wildman–Crippen LogP) is 4.47. The van der Waals surface area contributed by atoms with Gasteiger partial charge in [-0.05, 0) is 69.2 Å². The summed E-state index contributed by atoms with van der Waals surface area (Å²) in [6.45, 7) is 11.0. The van der Waals surface area contributed by atoms with E-state index < -0.39 is 17.7 Å². The first-order valence-corrected chi connectivity index (χ1v) is 12.1. The third kappa shape index (κ3) is 5.35. The number of aryl methyl sites for hydroxylation is 2. The Morgan fingerprint density at radius 1 is 1.00 bits per heavy atom. The van der Waals surface area contributed by atoms with Gasteiger partial charge in [-0.2, -0.15) is 0 Å². The summed E-state index contributed by atoms with van der Waals surface area (Å²) in [6.07, 6.45) is 0.710. The summed E-state index contributed by atoms with van der Waals surface area (Å²) in [4.78, 5) is 30.4. The standard InChI is InChI=1S/C28H36N2O5/c1-7-29(8-2)14-9-15-30-25(20-12-13-22(34-5)23(17-20)35-6)24(27(32)28(30)33)26(31)21-16-18(3)10-11-19(21)4/h10-13,16-17,25,31H,7-9,14-15H2,1-6H3. The van der Waals surface area contributed by atoms with Gasteiger partial charge in [0.15, 0.2) is 11.5 Å².